The molecule has 0 aromatic heterocycles. The van der Waals surface area contributed by atoms with Crippen LogP contribution >= 0.6 is 0 Å². The third-order valence-electron chi connectivity index (χ3n) is 3.46. The highest BCUT2D eigenvalue weighted by atomic mass is 16.1. The van der Waals surface area contributed by atoms with Gasteiger partial charge in [0.25, 0.3) is 0 Å². The van der Waals surface area contributed by atoms with Gasteiger partial charge < -0.3 is 10.2 Å². The van der Waals surface area contributed by atoms with Crippen molar-refractivity contribution in [3.63, 3.8) is 0 Å². The number of Topliss-reactive ketones (excluding diaryl/α,β-unsaturated/α-hetero) is 1. The molecular formula is C15H28N2O. The first-order valence-corrected chi connectivity index (χ1v) is 7.24. The molecule has 0 spiro atoms. The summed E-state index contributed by atoms with van der Waals surface area (Å²) in [5, 5.41) is 3.42. The number of hydrogen-bond donors (Lipinski definition) is 1. The molecule has 3 heteroatoms. The van der Waals surface area contributed by atoms with Gasteiger partial charge in [-0.05, 0) is 51.1 Å². The highest BCUT2D eigenvalue weighted by Gasteiger charge is 2.23. The highest BCUT2D eigenvalue weighted by Crippen LogP contribution is 2.28. The predicted octanol–water partition coefficient (Wildman–Crippen LogP) is 2.58. The number of nitrogens with zero attached hydrogens (tertiary/aromatic N) is 1. The molecule has 0 unspecified atom stereocenters. The van der Waals surface area contributed by atoms with Crippen LogP contribution in [0.2, 0.25) is 0 Å². The largest absolute Gasteiger partial charge is 0.383 e. The van der Waals surface area contributed by atoms with Gasteiger partial charge in [-0.15, -0.1) is 0 Å². The molecule has 1 aliphatic carbocycles. The molecule has 0 radical (unpaired) electrons. The minimum Gasteiger partial charge on any atom is -0.383 e. The molecule has 18 heavy (non-hydrogen) atoms. The van der Waals surface area contributed by atoms with Crippen LogP contribution in [0.3, 0.4) is 0 Å². The van der Waals surface area contributed by atoms with Gasteiger partial charge in [0.1, 0.15) is 0 Å². The minimum atomic E-state index is 0.362. The number of rotatable bonds is 7. The lowest BCUT2D eigenvalue weighted by Gasteiger charge is -2.23. The van der Waals surface area contributed by atoms with Crippen molar-refractivity contribution in [3.05, 3.63) is 11.8 Å². The zero-order valence-electron chi connectivity index (χ0n) is 12.2. The average Bonchev–Trinajstić information content (AvgIpc) is 2.32. The van der Waals surface area contributed by atoms with E-state index in [1.807, 2.05) is 25.2 Å². The molecule has 1 saturated carbocycles. The fourth-order valence-corrected chi connectivity index (χ4v) is 2.51. The molecule has 0 saturated heterocycles. The number of nitrogens with one attached hydrogen (secondary N) is 1. The summed E-state index contributed by atoms with van der Waals surface area (Å²) in [4.78, 5) is 13.9. The van der Waals surface area contributed by atoms with Crippen LogP contribution in [0.4, 0.5) is 0 Å². The summed E-state index contributed by atoms with van der Waals surface area (Å²) in [6, 6.07) is 0. The molecule has 1 rings (SSSR count). The van der Waals surface area contributed by atoms with Crippen molar-refractivity contribution in [3.8, 4) is 0 Å². The first kappa shape index (κ1) is 15.2. The zero-order chi connectivity index (χ0) is 13.4. The summed E-state index contributed by atoms with van der Waals surface area (Å²) in [6.45, 7) is 4.39. The molecule has 0 bridgehead atoms. The van der Waals surface area contributed by atoms with Crippen LogP contribution in [-0.2, 0) is 4.79 Å². The summed E-state index contributed by atoms with van der Waals surface area (Å²) < 4.78 is 0. The Bertz CT molecular complexity index is 284. The number of hydrogen-bond acceptors (Lipinski definition) is 3. The van der Waals surface area contributed by atoms with E-state index in [9.17, 15) is 4.79 Å². The van der Waals surface area contributed by atoms with Crippen LogP contribution in [0.15, 0.2) is 11.8 Å². The van der Waals surface area contributed by atoms with Gasteiger partial charge in [0.15, 0.2) is 5.78 Å². The van der Waals surface area contributed by atoms with Crippen molar-refractivity contribution in [1.82, 2.24) is 10.2 Å². The van der Waals surface area contributed by atoms with Gasteiger partial charge in [0.2, 0.25) is 0 Å². The Morgan fingerprint density at radius 1 is 1.39 bits per heavy atom. The van der Waals surface area contributed by atoms with Gasteiger partial charge in [0, 0.05) is 32.3 Å². The van der Waals surface area contributed by atoms with Crippen molar-refractivity contribution < 1.29 is 4.79 Å². The Balaban J connectivity index is 2.22. The van der Waals surface area contributed by atoms with Crippen LogP contribution < -0.4 is 5.32 Å². The molecule has 0 aliphatic heterocycles. The third kappa shape index (κ3) is 5.67. The molecule has 0 heterocycles. The van der Waals surface area contributed by atoms with Gasteiger partial charge in [-0.3, -0.25) is 4.79 Å². The smallest absolute Gasteiger partial charge is 0.160 e. The van der Waals surface area contributed by atoms with E-state index >= 15 is 0 Å². The molecule has 1 N–H and O–H groups in total. The second-order valence-corrected chi connectivity index (χ2v) is 5.54. The molecule has 1 atom stereocenters. The van der Waals surface area contributed by atoms with Crippen LogP contribution in [0.5, 0.6) is 0 Å². The van der Waals surface area contributed by atoms with E-state index in [1.54, 1.807) is 0 Å². The van der Waals surface area contributed by atoms with E-state index < -0.39 is 0 Å². The van der Waals surface area contributed by atoms with Crippen molar-refractivity contribution in [2.75, 3.05) is 27.2 Å². The zero-order valence-corrected chi connectivity index (χ0v) is 12.2. The van der Waals surface area contributed by atoms with Gasteiger partial charge >= 0.3 is 0 Å². The Hall–Kier alpha value is -0.830. The lowest BCUT2D eigenvalue weighted by Crippen LogP contribution is -2.21. The maximum Gasteiger partial charge on any atom is 0.160 e. The Morgan fingerprint density at radius 2 is 2.17 bits per heavy atom. The fraction of sp³-hybridized carbons (Fsp3) is 0.800. The molecule has 104 valence electrons. The number of carbonyl (C=O) groups is 1. The standard InChI is InChI=1S/C15H28N2O/c1-4-9-16-10-5-6-13-7-8-14(12-17(2)3)15(18)11-13/h12-13,16H,4-11H2,1-3H3/b14-12+/t13-/m0/s1. The molecule has 0 aromatic rings. The molecule has 1 aliphatic rings. The van der Waals surface area contributed by atoms with E-state index in [-0.39, 0.29) is 0 Å². The summed E-state index contributed by atoms with van der Waals surface area (Å²) in [5.74, 6) is 0.974. The second-order valence-electron chi connectivity index (χ2n) is 5.54. The topological polar surface area (TPSA) is 32.3 Å². The lowest BCUT2D eigenvalue weighted by atomic mass is 9.82. The van der Waals surface area contributed by atoms with Crippen molar-refractivity contribution >= 4 is 5.78 Å². The number of allylic oxidation sites excluding steroid dienone is 1. The quantitative estimate of drug-likeness (QED) is 0.558. The second kappa shape index (κ2) is 8.30. The predicted molar refractivity (Wildman–Crippen MR) is 76.5 cm³/mol. The van der Waals surface area contributed by atoms with Crippen LogP contribution in [0.1, 0.15) is 45.4 Å². The lowest BCUT2D eigenvalue weighted by molar-refractivity contribution is -0.117. The third-order valence-corrected chi connectivity index (χ3v) is 3.46. The fourth-order valence-electron chi connectivity index (χ4n) is 2.51. The van der Waals surface area contributed by atoms with Gasteiger partial charge in [0.05, 0.1) is 0 Å². The van der Waals surface area contributed by atoms with E-state index in [4.69, 9.17) is 0 Å². The van der Waals surface area contributed by atoms with Crippen molar-refractivity contribution in [2.24, 2.45) is 5.92 Å². The maximum absolute atomic E-state index is 12.0. The summed E-state index contributed by atoms with van der Waals surface area (Å²) in [6.07, 6.45) is 8.47. The van der Waals surface area contributed by atoms with Gasteiger partial charge in [-0.2, -0.15) is 0 Å². The van der Waals surface area contributed by atoms with Crippen LogP contribution in [0, 0.1) is 5.92 Å². The SMILES string of the molecule is CCCNCCC[C@H]1CC/C(=C\N(C)C)C(=O)C1. The molecular weight excluding hydrogens is 224 g/mol. The van der Waals surface area contributed by atoms with Gasteiger partial charge in [-0.25, -0.2) is 0 Å². The Kier molecular flexibility index (Phi) is 7.02. The van der Waals surface area contributed by atoms with E-state index in [1.165, 1.54) is 25.7 Å². The average molecular weight is 252 g/mol. The summed E-state index contributed by atoms with van der Waals surface area (Å²) in [5.41, 5.74) is 1.01. The monoisotopic (exact) mass is 252 g/mol. The van der Waals surface area contributed by atoms with Crippen molar-refractivity contribution in [2.45, 2.75) is 45.4 Å². The highest BCUT2D eigenvalue weighted by molar-refractivity contribution is 5.96. The normalized spacial score (nSPS) is 22.5. The maximum atomic E-state index is 12.0. The van der Waals surface area contributed by atoms with E-state index in [0.29, 0.717) is 11.7 Å². The van der Waals surface area contributed by atoms with Crippen LogP contribution in [-0.4, -0.2) is 37.9 Å². The molecule has 1 fully saturated rings. The molecule has 0 aromatic carbocycles. The Labute approximate surface area is 112 Å². The van der Waals surface area contributed by atoms with Crippen molar-refractivity contribution in [1.29, 1.82) is 0 Å². The summed E-state index contributed by atoms with van der Waals surface area (Å²) >= 11 is 0. The molecule has 3 nitrogen and oxygen atoms in total. The molecule has 0 amide bonds. The van der Waals surface area contributed by atoms with Crippen LogP contribution in [0.25, 0.3) is 0 Å². The Morgan fingerprint density at radius 3 is 2.78 bits per heavy atom. The van der Waals surface area contributed by atoms with E-state index in [0.717, 1.165) is 31.5 Å². The van der Waals surface area contributed by atoms with E-state index in [2.05, 4.69) is 12.2 Å². The minimum absolute atomic E-state index is 0.362. The van der Waals surface area contributed by atoms with Gasteiger partial charge in [-0.1, -0.05) is 6.92 Å². The first-order valence-electron chi connectivity index (χ1n) is 7.24. The number of ketones is 1. The first-order chi connectivity index (χ1) is 8.63. The number of carbonyl (C=O) groups excluding carboxylic acids is 1. The summed E-state index contributed by atoms with van der Waals surface area (Å²) in [7, 11) is 3.96.